The Morgan fingerprint density at radius 3 is 2.93 bits per heavy atom. The van der Waals surface area contributed by atoms with Gasteiger partial charge >= 0.3 is 5.69 Å². The van der Waals surface area contributed by atoms with Gasteiger partial charge in [0, 0.05) is 18.6 Å². The molecular formula is C20H22FN5O3. The molecule has 1 saturated carbocycles. The lowest BCUT2D eigenvalue weighted by Crippen LogP contribution is -2.54. The Labute approximate surface area is 165 Å². The molecule has 2 fully saturated rings. The Morgan fingerprint density at radius 1 is 1.38 bits per heavy atom. The highest BCUT2D eigenvalue weighted by atomic mass is 19.1. The number of hydrogen-bond donors (Lipinski definition) is 3. The van der Waals surface area contributed by atoms with Crippen molar-refractivity contribution in [1.29, 1.82) is 5.26 Å². The number of fused-ring (bicyclic) bond motifs is 2. The third-order valence-electron chi connectivity index (χ3n) is 6.15. The van der Waals surface area contributed by atoms with Gasteiger partial charge in [0.25, 0.3) is 5.56 Å². The van der Waals surface area contributed by atoms with Crippen LogP contribution >= 0.6 is 0 Å². The highest BCUT2D eigenvalue weighted by molar-refractivity contribution is 5.82. The predicted octanol–water partition coefficient (Wildman–Crippen LogP) is 0.534. The first-order chi connectivity index (χ1) is 13.9. The van der Waals surface area contributed by atoms with Crippen molar-refractivity contribution in [1.82, 2.24) is 20.2 Å². The third kappa shape index (κ3) is 3.44. The number of nitrogens with one attached hydrogen (secondary N) is 3. The summed E-state index contributed by atoms with van der Waals surface area (Å²) >= 11 is 0. The van der Waals surface area contributed by atoms with Crippen molar-refractivity contribution in [2.75, 3.05) is 6.54 Å². The van der Waals surface area contributed by atoms with E-state index in [-0.39, 0.29) is 34.5 Å². The van der Waals surface area contributed by atoms with Gasteiger partial charge in [-0.15, -0.1) is 0 Å². The van der Waals surface area contributed by atoms with Gasteiger partial charge in [0.15, 0.2) is 0 Å². The van der Waals surface area contributed by atoms with Gasteiger partial charge in [-0.2, -0.15) is 5.26 Å². The SMILES string of the molecule is Cc1c(F)ccc2[nH]c(=O)n(CC(=O)N[C@@H]3CCC4CC(C#N)CNC43)c(=O)c12. The molecule has 0 bridgehead atoms. The molecule has 4 atom stereocenters. The number of aromatic amines is 1. The van der Waals surface area contributed by atoms with E-state index in [1.807, 2.05) is 0 Å². The van der Waals surface area contributed by atoms with Crippen molar-refractivity contribution < 1.29 is 9.18 Å². The van der Waals surface area contributed by atoms with E-state index in [0.29, 0.717) is 12.5 Å². The van der Waals surface area contributed by atoms with E-state index >= 15 is 0 Å². The average molecular weight is 399 g/mol. The zero-order valence-electron chi connectivity index (χ0n) is 16.0. The number of piperidine rings is 1. The van der Waals surface area contributed by atoms with Crippen LogP contribution in [0.25, 0.3) is 10.9 Å². The molecule has 1 aliphatic heterocycles. The first-order valence-corrected chi connectivity index (χ1v) is 9.73. The van der Waals surface area contributed by atoms with E-state index in [1.54, 1.807) is 0 Å². The van der Waals surface area contributed by atoms with Crippen LogP contribution in [0.4, 0.5) is 4.39 Å². The average Bonchev–Trinajstić information content (AvgIpc) is 3.09. The van der Waals surface area contributed by atoms with Gasteiger partial charge in [-0.05, 0) is 49.8 Å². The third-order valence-corrected chi connectivity index (χ3v) is 6.15. The van der Waals surface area contributed by atoms with Crippen LogP contribution in [0.2, 0.25) is 0 Å². The maximum Gasteiger partial charge on any atom is 0.329 e. The summed E-state index contributed by atoms with van der Waals surface area (Å²) in [6.45, 7) is 1.62. The number of benzene rings is 1. The second-order valence-electron chi connectivity index (χ2n) is 7.92. The summed E-state index contributed by atoms with van der Waals surface area (Å²) in [5, 5.41) is 15.4. The molecule has 3 unspecified atom stereocenters. The van der Waals surface area contributed by atoms with E-state index in [1.165, 1.54) is 19.1 Å². The summed E-state index contributed by atoms with van der Waals surface area (Å²) in [5.41, 5.74) is -1.02. The smallest absolute Gasteiger partial charge is 0.329 e. The Hall–Kier alpha value is -2.99. The van der Waals surface area contributed by atoms with Gasteiger partial charge in [0.1, 0.15) is 12.4 Å². The van der Waals surface area contributed by atoms with Crippen molar-refractivity contribution in [2.45, 2.75) is 44.8 Å². The van der Waals surface area contributed by atoms with Gasteiger partial charge in [-0.1, -0.05) is 0 Å². The summed E-state index contributed by atoms with van der Waals surface area (Å²) in [5.74, 6) is -0.672. The molecular weight excluding hydrogens is 377 g/mol. The molecule has 1 amide bonds. The van der Waals surface area contributed by atoms with Gasteiger partial charge in [-0.3, -0.25) is 14.2 Å². The fourth-order valence-electron chi connectivity index (χ4n) is 4.66. The summed E-state index contributed by atoms with van der Waals surface area (Å²) in [6.07, 6.45) is 2.50. The van der Waals surface area contributed by atoms with Gasteiger partial charge in [-0.25, -0.2) is 9.18 Å². The largest absolute Gasteiger partial charge is 0.350 e. The van der Waals surface area contributed by atoms with Gasteiger partial charge < -0.3 is 15.6 Å². The monoisotopic (exact) mass is 399 g/mol. The highest BCUT2D eigenvalue weighted by Gasteiger charge is 2.40. The maximum atomic E-state index is 13.9. The first-order valence-electron chi connectivity index (χ1n) is 9.73. The number of halogens is 1. The lowest BCUT2D eigenvalue weighted by Gasteiger charge is -2.33. The number of amides is 1. The molecule has 152 valence electrons. The van der Waals surface area contributed by atoms with Crippen molar-refractivity contribution >= 4 is 16.8 Å². The Bertz CT molecular complexity index is 1130. The molecule has 2 heterocycles. The lowest BCUT2D eigenvalue weighted by molar-refractivity contribution is -0.122. The lowest BCUT2D eigenvalue weighted by atomic mass is 9.86. The summed E-state index contributed by atoms with van der Waals surface area (Å²) in [6, 6.07) is 4.80. The first kappa shape index (κ1) is 19.3. The standard InChI is InChI=1S/C20H22FN5O3/c1-10-13(21)3-5-14-17(10)19(28)26(20(29)25-14)9-16(27)24-15-4-2-12-6-11(7-22)8-23-18(12)15/h3,5,11-12,15,18,23H,2,4,6,8-9H2,1H3,(H,24,27)(H,25,29)/t11?,12?,15-,18?/m1/s1. The molecule has 1 aromatic heterocycles. The van der Waals surface area contributed by atoms with Crippen LogP contribution in [-0.2, 0) is 11.3 Å². The van der Waals surface area contributed by atoms with Crippen LogP contribution in [0.3, 0.4) is 0 Å². The molecule has 0 radical (unpaired) electrons. The normalized spacial score (nSPS) is 26.1. The van der Waals surface area contributed by atoms with E-state index in [4.69, 9.17) is 5.26 Å². The summed E-state index contributed by atoms with van der Waals surface area (Å²) < 4.78 is 14.7. The van der Waals surface area contributed by atoms with Gasteiger partial charge in [0.05, 0.1) is 22.9 Å². The summed E-state index contributed by atoms with van der Waals surface area (Å²) in [4.78, 5) is 40.2. The van der Waals surface area contributed by atoms with Crippen molar-refractivity contribution in [3.8, 4) is 6.07 Å². The number of aromatic nitrogens is 2. The Balaban J connectivity index is 1.53. The molecule has 3 N–H and O–H groups in total. The summed E-state index contributed by atoms with van der Waals surface area (Å²) in [7, 11) is 0. The minimum atomic E-state index is -0.708. The van der Waals surface area contributed by atoms with Crippen LogP contribution in [0.5, 0.6) is 0 Å². The van der Waals surface area contributed by atoms with Crippen LogP contribution < -0.4 is 21.9 Å². The van der Waals surface area contributed by atoms with Crippen LogP contribution in [0.15, 0.2) is 21.7 Å². The van der Waals surface area contributed by atoms with Crippen molar-refractivity contribution in [3.05, 3.63) is 44.4 Å². The quantitative estimate of drug-likeness (QED) is 0.696. The number of nitrogens with zero attached hydrogens (tertiary/aromatic N) is 2. The maximum absolute atomic E-state index is 13.9. The van der Waals surface area contributed by atoms with Gasteiger partial charge in [0.2, 0.25) is 5.91 Å². The molecule has 2 aromatic rings. The minimum Gasteiger partial charge on any atom is -0.350 e. The number of H-pyrrole nitrogens is 1. The molecule has 2 aliphatic rings. The molecule has 8 nitrogen and oxygen atoms in total. The predicted molar refractivity (Wildman–Crippen MR) is 104 cm³/mol. The zero-order chi connectivity index (χ0) is 20.7. The molecule has 1 saturated heterocycles. The van der Waals surface area contributed by atoms with Crippen LogP contribution in [-0.4, -0.2) is 34.1 Å². The fourth-order valence-corrected chi connectivity index (χ4v) is 4.66. The van der Waals surface area contributed by atoms with E-state index in [9.17, 15) is 18.8 Å². The van der Waals surface area contributed by atoms with E-state index in [2.05, 4.69) is 21.7 Å². The Morgan fingerprint density at radius 2 is 2.17 bits per heavy atom. The number of hydrogen-bond acceptors (Lipinski definition) is 5. The molecule has 1 aliphatic carbocycles. The second-order valence-corrected chi connectivity index (χ2v) is 7.92. The van der Waals surface area contributed by atoms with Crippen LogP contribution in [0.1, 0.15) is 24.8 Å². The Kier molecular flexibility index (Phi) is 4.96. The van der Waals surface area contributed by atoms with Crippen molar-refractivity contribution in [3.63, 3.8) is 0 Å². The topological polar surface area (TPSA) is 120 Å². The number of aryl methyl sites for hydroxylation is 1. The molecule has 29 heavy (non-hydrogen) atoms. The zero-order valence-corrected chi connectivity index (χ0v) is 16.0. The molecule has 4 rings (SSSR count). The van der Waals surface area contributed by atoms with Crippen molar-refractivity contribution in [2.24, 2.45) is 11.8 Å². The fraction of sp³-hybridized carbons (Fsp3) is 0.500. The second kappa shape index (κ2) is 7.44. The van der Waals surface area contributed by atoms with E-state index in [0.717, 1.165) is 23.8 Å². The highest BCUT2D eigenvalue weighted by Crippen LogP contribution is 2.34. The van der Waals surface area contributed by atoms with Crippen LogP contribution in [0, 0.1) is 35.9 Å². The molecule has 9 heteroatoms. The van der Waals surface area contributed by atoms with E-state index < -0.39 is 29.5 Å². The number of carbonyl (C=O) groups is 1. The molecule has 0 spiro atoms. The molecule has 1 aromatic carbocycles. The number of carbonyl (C=O) groups excluding carboxylic acids is 1. The number of nitriles is 1. The number of rotatable bonds is 3. The minimum absolute atomic E-state index is 0.0101.